The van der Waals surface area contributed by atoms with E-state index < -0.39 is 16.8 Å². The van der Waals surface area contributed by atoms with Gasteiger partial charge in [0, 0.05) is 5.56 Å². The van der Waals surface area contributed by atoms with E-state index >= 15 is 0 Å². The predicted molar refractivity (Wildman–Crippen MR) is 116 cm³/mol. The summed E-state index contributed by atoms with van der Waals surface area (Å²) in [5.74, 6) is -0.556. The average Bonchev–Trinajstić information content (AvgIpc) is 3.06. The first kappa shape index (κ1) is 22.5. The van der Waals surface area contributed by atoms with Gasteiger partial charge in [-0.3, -0.25) is 19.6 Å². The van der Waals surface area contributed by atoms with Gasteiger partial charge < -0.3 is 14.8 Å². The summed E-state index contributed by atoms with van der Waals surface area (Å²) in [6, 6.07) is 11.4. The Hall–Kier alpha value is -4.21. The van der Waals surface area contributed by atoms with Crippen LogP contribution in [0.4, 0.5) is 11.4 Å². The lowest BCUT2D eigenvalue weighted by Gasteiger charge is -2.12. The van der Waals surface area contributed by atoms with Gasteiger partial charge in [0.05, 0.1) is 36.9 Å². The summed E-state index contributed by atoms with van der Waals surface area (Å²) in [6.07, 6.45) is 0. The number of carbonyl (C=O) groups is 2. The second-order valence-corrected chi connectivity index (χ2v) is 6.99. The van der Waals surface area contributed by atoms with E-state index in [9.17, 15) is 19.7 Å². The van der Waals surface area contributed by atoms with E-state index in [1.165, 1.54) is 20.3 Å². The molecule has 3 aromatic rings. The second-order valence-electron chi connectivity index (χ2n) is 6.99. The molecule has 0 radical (unpaired) electrons. The summed E-state index contributed by atoms with van der Waals surface area (Å²) in [6.45, 7) is 3.57. The van der Waals surface area contributed by atoms with Crippen molar-refractivity contribution >= 4 is 23.3 Å². The third-order valence-corrected chi connectivity index (χ3v) is 4.95. The van der Waals surface area contributed by atoms with E-state index in [-0.39, 0.29) is 11.3 Å². The number of benzene rings is 2. The molecule has 10 nitrogen and oxygen atoms in total. The molecular formula is C22H22N4O6. The van der Waals surface area contributed by atoms with Crippen LogP contribution in [-0.2, 0) is 11.3 Å². The number of carbonyl (C=O) groups excluding carboxylic acids is 2. The summed E-state index contributed by atoms with van der Waals surface area (Å²) >= 11 is 0. The smallest absolute Gasteiger partial charge is 0.340 e. The number of ether oxygens (including phenoxy) is 2. The maximum Gasteiger partial charge on any atom is 0.340 e. The number of aromatic nitrogens is 2. The zero-order valence-electron chi connectivity index (χ0n) is 18.0. The first-order chi connectivity index (χ1) is 15.2. The molecule has 166 valence electrons. The molecule has 0 atom stereocenters. The highest BCUT2D eigenvalue weighted by molar-refractivity contribution is 6.08. The van der Waals surface area contributed by atoms with Crippen molar-refractivity contribution in [1.82, 2.24) is 9.78 Å². The number of nitro groups is 1. The number of methoxy groups -OCH3 is 2. The number of nitrogens with one attached hydrogen (secondary N) is 1. The van der Waals surface area contributed by atoms with Crippen molar-refractivity contribution in [3.63, 3.8) is 0 Å². The molecule has 0 saturated carbocycles. The minimum absolute atomic E-state index is 0.00176. The van der Waals surface area contributed by atoms with Gasteiger partial charge in [0.25, 0.3) is 5.91 Å². The van der Waals surface area contributed by atoms with Crippen LogP contribution in [0.25, 0.3) is 0 Å². The molecule has 0 fully saturated rings. The Labute approximate surface area is 183 Å². The summed E-state index contributed by atoms with van der Waals surface area (Å²) in [7, 11) is 2.73. The SMILES string of the molecule is COC(=O)c1cc(OC)ccc1NC(=O)c1ccc(Cn2nc(C)c([N+](=O)[O-])c2C)cc1. The zero-order valence-corrected chi connectivity index (χ0v) is 18.0. The molecule has 0 spiro atoms. The zero-order chi connectivity index (χ0) is 23.4. The first-order valence-electron chi connectivity index (χ1n) is 9.60. The van der Waals surface area contributed by atoms with Crippen molar-refractivity contribution in [1.29, 1.82) is 0 Å². The van der Waals surface area contributed by atoms with Gasteiger partial charge in [-0.15, -0.1) is 0 Å². The third-order valence-electron chi connectivity index (χ3n) is 4.95. The number of rotatable bonds is 7. The lowest BCUT2D eigenvalue weighted by atomic mass is 10.1. The number of hydrogen-bond acceptors (Lipinski definition) is 7. The number of aryl methyl sites for hydroxylation is 1. The largest absolute Gasteiger partial charge is 0.497 e. The maximum atomic E-state index is 12.7. The normalized spacial score (nSPS) is 10.5. The quantitative estimate of drug-likeness (QED) is 0.340. The van der Waals surface area contributed by atoms with E-state index in [4.69, 9.17) is 9.47 Å². The first-order valence-corrected chi connectivity index (χ1v) is 9.60. The minimum atomic E-state index is -0.603. The van der Waals surface area contributed by atoms with Crippen LogP contribution in [0.5, 0.6) is 5.75 Å². The van der Waals surface area contributed by atoms with Crippen molar-refractivity contribution in [2.45, 2.75) is 20.4 Å². The monoisotopic (exact) mass is 438 g/mol. The Balaban J connectivity index is 1.77. The molecule has 0 aliphatic rings. The average molecular weight is 438 g/mol. The highest BCUT2D eigenvalue weighted by Gasteiger charge is 2.22. The predicted octanol–water partition coefficient (Wildman–Crippen LogP) is 3.50. The topological polar surface area (TPSA) is 126 Å². The molecule has 32 heavy (non-hydrogen) atoms. The van der Waals surface area contributed by atoms with Gasteiger partial charge in [-0.05, 0) is 49.7 Å². The summed E-state index contributed by atoms with van der Waals surface area (Å²) in [5.41, 5.74) is 2.47. The van der Waals surface area contributed by atoms with Crippen LogP contribution in [-0.4, -0.2) is 40.8 Å². The van der Waals surface area contributed by atoms with Crippen LogP contribution < -0.4 is 10.1 Å². The van der Waals surface area contributed by atoms with Crippen LogP contribution in [0.15, 0.2) is 42.5 Å². The highest BCUT2D eigenvalue weighted by atomic mass is 16.6. The standard InChI is InChI=1S/C22H22N4O6/c1-13-20(26(29)30)14(2)25(24-13)12-15-5-7-16(8-6-15)21(27)23-19-10-9-17(31-3)11-18(19)22(28)32-4/h5-11H,12H2,1-4H3,(H,23,27). The molecule has 2 aromatic carbocycles. The lowest BCUT2D eigenvalue weighted by Crippen LogP contribution is -2.15. The van der Waals surface area contributed by atoms with Crippen LogP contribution >= 0.6 is 0 Å². The molecule has 1 heterocycles. The van der Waals surface area contributed by atoms with Crippen molar-refractivity contribution in [3.8, 4) is 5.75 Å². The molecule has 1 N–H and O–H groups in total. The van der Waals surface area contributed by atoms with Crippen molar-refractivity contribution in [3.05, 3.63) is 80.7 Å². The minimum Gasteiger partial charge on any atom is -0.497 e. The fourth-order valence-electron chi connectivity index (χ4n) is 3.27. The summed E-state index contributed by atoms with van der Waals surface area (Å²) < 4.78 is 11.5. The summed E-state index contributed by atoms with van der Waals surface area (Å²) in [5, 5.41) is 18.1. The van der Waals surface area contributed by atoms with Crippen LogP contribution in [0.2, 0.25) is 0 Å². The van der Waals surface area contributed by atoms with Crippen LogP contribution in [0, 0.1) is 24.0 Å². The molecule has 1 amide bonds. The Morgan fingerprint density at radius 2 is 1.81 bits per heavy atom. The van der Waals surface area contributed by atoms with E-state index in [0.717, 1.165) is 5.56 Å². The molecule has 0 aliphatic heterocycles. The fourth-order valence-corrected chi connectivity index (χ4v) is 3.27. The second kappa shape index (κ2) is 9.29. The van der Waals surface area contributed by atoms with Crippen molar-refractivity contribution in [2.75, 3.05) is 19.5 Å². The number of amides is 1. The number of nitrogens with zero attached hydrogens (tertiary/aromatic N) is 3. The molecule has 3 rings (SSSR count). The van der Waals surface area contributed by atoms with Crippen molar-refractivity contribution < 1.29 is 24.0 Å². The fraction of sp³-hybridized carbons (Fsp3) is 0.227. The van der Waals surface area contributed by atoms with Gasteiger partial charge in [0.1, 0.15) is 17.1 Å². The molecule has 0 bridgehead atoms. The Bertz CT molecular complexity index is 1180. The molecule has 0 unspecified atom stereocenters. The molecular weight excluding hydrogens is 416 g/mol. The van der Waals surface area contributed by atoms with Crippen LogP contribution in [0.1, 0.15) is 37.7 Å². The van der Waals surface area contributed by atoms with E-state index in [0.29, 0.717) is 34.9 Å². The Morgan fingerprint density at radius 1 is 1.12 bits per heavy atom. The summed E-state index contributed by atoms with van der Waals surface area (Å²) in [4.78, 5) is 35.5. The molecule has 0 aliphatic carbocycles. The van der Waals surface area contributed by atoms with Crippen molar-refractivity contribution in [2.24, 2.45) is 0 Å². The molecule has 1 aromatic heterocycles. The number of hydrogen-bond donors (Lipinski definition) is 1. The van der Waals surface area contributed by atoms with Gasteiger partial charge in [-0.1, -0.05) is 12.1 Å². The highest BCUT2D eigenvalue weighted by Crippen LogP contribution is 2.24. The van der Waals surface area contributed by atoms with Gasteiger partial charge in [0.2, 0.25) is 0 Å². The molecule has 10 heteroatoms. The number of anilines is 1. The van der Waals surface area contributed by atoms with Gasteiger partial charge >= 0.3 is 11.7 Å². The lowest BCUT2D eigenvalue weighted by molar-refractivity contribution is -0.386. The van der Waals surface area contributed by atoms with Gasteiger partial charge in [-0.2, -0.15) is 5.10 Å². The van der Waals surface area contributed by atoms with E-state index in [1.807, 2.05) is 0 Å². The van der Waals surface area contributed by atoms with E-state index in [1.54, 1.807) is 54.9 Å². The number of esters is 1. The van der Waals surface area contributed by atoms with Gasteiger partial charge in [-0.25, -0.2) is 4.79 Å². The van der Waals surface area contributed by atoms with E-state index in [2.05, 4.69) is 10.4 Å². The Morgan fingerprint density at radius 3 is 2.38 bits per heavy atom. The molecule has 0 saturated heterocycles. The third kappa shape index (κ3) is 4.59. The Kier molecular flexibility index (Phi) is 6.53. The van der Waals surface area contributed by atoms with Crippen LogP contribution in [0.3, 0.4) is 0 Å². The maximum absolute atomic E-state index is 12.7. The van der Waals surface area contributed by atoms with Gasteiger partial charge in [0.15, 0.2) is 0 Å².